The van der Waals surface area contributed by atoms with Gasteiger partial charge < -0.3 is 12.2 Å². The Morgan fingerprint density at radius 2 is 1.45 bits per heavy atom. The van der Waals surface area contributed by atoms with E-state index in [0.29, 0.717) is 0 Å². The van der Waals surface area contributed by atoms with Crippen molar-refractivity contribution >= 4 is 29.3 Å². The van der Waals surface area contributed by atoms with Crippen molar-refractivity contribution in [2.75, 3.05) is 12.3 Å². The van der Waals surface area contributed by atoms with Gasteiger partial charge in [-0.1, -0.05) is 39.5 Å². The van der Waals surface area contributed by atoms with Crippen LogP contribution in [0.2, 0.25) is 0 Å². The van der Waals surface area contributed by atoms with Crippen LogP contribution in [0.15, 0.2) is 0 Å². The van der Waals surface area contributed by atoms with Gasteiger partial charge in [-0.2, -0.15) is 5.24 Å². The van der Waals surface area contributed by atoms with Gasteiger partial charge in [0.25, 0.3) is 0 Å². The van der Waals surface area contributed by atoms with Crippen molar-refractivity contribution in [1.29, 1.82) is 0 Å². The molecule has 0 saturated heterocycles. The van der Waals surface area contributed by atoms with Gasteiger partial charge in [-0.05, 0) is 12.3 Å². The van der Waals surface area contributed by atoms with E-state index in [9.17, 15) is 0 Å². The first-order chi connectivity index (χ1) is 5.12. The third kappa shape index (κ3) is 7.36. The van der Waals surface area contributed by atoms with Gasteiger partial charge in [0.05, 0.1) is 0 Å². The van der Waals surface area contributed by atoms with Crippen LogP contribution in [-0.4, -0.2) is 12.3 Å². The topological polar surface area (TPSA) is 0 Å². The van der Waals surface area contributed by atoms with Crippen molar-refractivity contribution < 1.29 is 0 Å². The number of hydrogen-bond donors (Lipinski definition) is 0. The summed E-state index contributed by atoms with van der Waals surface area (Å²) in [5.41, 5.74) is 0. The van der Waals surface area contributed by atoms with Crippen molar-refractivity contribution in [2.24, 2.45) is 0 Å². The Morgan fingerprint density at radius 1 is 1.09 bits per heavy atom. The van der Waals surface area contributed by atoms with Gasteiger partial charge in [-0.15, -0.1) is 11.8 Å². The Bertz CT molecular complexity index is 122. The van der Waals surface area contributed by atoms with Crippen LogP contribution in [0.1, 0.15) is 39.5 Å². The minimum absolute atomic E-state index is 1.15. The second kappa shape index (κ2) is 6.51. The molecule has 0 atom stereocenters. The molecule has 0 aliphatic rings. The molecule has 0 saturated carbocycles. The van der Waals surface area contributed by atoms with Crippen LogP contribution in [0.4, 0.5) is 0 Å². The van der Waals surface area contributed by atoms with Crippen LogP contribution in [0.25, 0.3) is 0 Å². The Kier molecular flexibility index (Phi) is 7.10. The van der Waals surface area contributed by atoms with Crippen LogP contribution in [-0.2, 0) is 24.1 Å². The van der Waals surface area contributed by atoms with Crippen molar-refractivity contribution in [2.45, 2.75) is 39.5 Å². The summed E-state index contributed by atoms with van der Waals surface area (Å²) in [7, 11) is 0. The summed E-state index contributed by atoms with van der Waals surface area (Å²) in [5.74, 6) is 0. The van der Waals surface area contributed by atoms with Gasteiger partial charge in [-0.3, -0.25) is 0 Å². The molecule has 0 fully saturated rings. The molecule has 0 unspecified atom stereocenters. The SMILES string of the molecule is CCCCP(=S)([S-])CCCC. The zero-order chi connectivity index (χ0) is 8.74. The largest absolute Gasteiger partial charge is 0.746 e. The molecule has 0 bridgehead atoms. The maximum absolute atomic E-state index is 5.40. The Hall–Kier alpha value is 1.00. The van der Waals surface area contributed by atoms with Gasteiger partial charge in [0.15, 0.2) is 0 Å². The normalized spacial score (nSPS) is 11.9. The first kappa shape index (κ1) is 12.0. The van der Waals surface area contributed by atoms with Gasteiger partial charge in [0.2, 0.25) is 0 Å². The molecule has 0 heterocycles. The molecule has 0 aromatic heterocycles. The van der Waals surface area contributed by atoms with Crippen molar-refractivity contribution in [3.05, 3.63) is 0 Å². The lowest BCUT2D eigenvalue weighted by Crippen LogP contribution is -1.91. The predicted octanol–water partition coefficient (Wildman–Crippen LogP) is 3.53. The molecule has 68 valence electrons. The van der Waals surface area contributed by atoms with E-state index in [4.69, 9.17) is 24.1 Å². The Morgan fingerprint density at radius 3 is 1.73 bits per heavy atom. The van der Waals surface area contributed by atoms with E-state index in [2.05, 4.69) is 13.8 Å². The average Bonchev–Trinajstić information content (AvgIpc) is 1.97. The molecular formula is C8H18PS2-. The predicted molar refractivity (Wildman–Crippen MR) is 61.2 cm³/mol. The van der Waals surface area contributed by atoms with E-state index in [1.54, 1.807) is 0 Å². The fourth-order valence-corrected chi connectivity index (χ4v) is 4.28. The number of unbranched alkanes of at least 4 members (excludes halogenated alkanes) is 2. The lowest BCUT2D eigenvalue weighted by molar-refractivity contribution is 0.872. The fourth-order valence-electron chi connectivity index (χ4n) is 0.910. The highest BCUT2D eigenvalue weighted by Gasteiger charge is 1.98. The van der Waals surface area contributed by atoms with Crippen molar-refractivity contribution in [3.8, 4) is 0 Å². The van der Waals surface area contributed by atoms with Crippen LogP contribution >= 0.6 is 5.24 Å². The monoisotopic (exact) mass is 209 g/mol. The second-order valence-corrected chi connectivity index (χ2v) is 10.4. The summed E-state index contributed by atoms with van der Waals surface area (Å²) >= 11 is 10.8. The summed E-state index contributed by atoms with van der Waals surface area (Å²) in [5, 5.41) is -1.31. The number of hydrogen-bond acceptors (Lipinski definition) is 2. The van der Waals surface area contributed by atoms with Crippen molar-refractivity contribution in [1.82, 2.24) is 0 Å². The van der Waals surface area contributed by atoms with Crippen LogP contribution in [0, 0.1) is 0 Å². The van der Waals surface area contributed by atoms with Gasteiger partial charge in [0, 0.05) is 0 Å². The summed E-state index contributed by atoms with van der Waals surface area (Å²) in [6, 6.07) is 0. The minimum atomic E-state index is -1.31. The Balaban J connectivity index is 3.53. The highest BCUT2D eigenvalue weighted by molar-refractivity contribution is 8.55. The third-order valence-electron chi connectivity index (χ3n) is 1.70. The fraction of sp³-hybridized carbons (Fsp3) is 1.00. The molecule has 0 aromatic carbocycles. The Labute approximate surface area is 81.3 Å². The van der Waals surface area contributed by atoms with Gasteiger partial charge in [-0.25, -0.2) is 0 Å². The highest BCUT2D eigenvalue weighted by Crippen LogP contribution is 2.44. The molecule has 0 nitrogen and oxygen atoms in total. The summed E-state index contributed by atoms with van der Waals surface area (Å²) < 4.78 is 0. The highest BCUT2D eigenvalue weighted by atomic mass is 32.9. The summed E-state index contributed by atoms with van der Waals surface area (Å²) in [4.78, 5) is 0. The summed E-state index contributed by atoms with van der Waals surface area (Å²) in [6.45, 7) is 4.40. The quantitative estimate of drug-likeness (QED) is 0.485. The minimum Gasteiger partial charge on any atom is -0.746 e. The average molecular weight is 209 g/mol. The van der Waals surface area contributed by atoms with Crippen LogP contribution in [0.3, 0.4) is 0 Å². The van der Waals surface area contributed by atoms with E-state index in [0.717, 1.165) is 12.3 Å². The van der Waals surface area contributed by atoms with Crippen LogP contribution < -0.4 is 0 Å². The van der Waals surface area contributed by atoms with E-state index >= 15 is 0 Å². The molecule has 0 aliphatic carbocycles. The first-order valence-electron chi connectivity index (χ1n) is 4.41. The molecule has 0 spiro atoms. The van der Waals surface area contributed by atoms with Gasteiger partial charge >= 0.3 is 0 Å². The lowest BCUT2D eigenvalue weighted by atomic mass is 10.4. The molecular weight excluding hydrogens is 191 g/mol. The van der Waals surface area contributed by atoms with E-state index < -0.39 is 5.24 Å². The maximum atomic E-state index is 5.40. The molecule has 0 amide bonds. The van der Waals surface area contributed by atoms with Crippen molar-refractivity contribution in [3.63, 3.8) is 0 Å². The van der Waals surface area contributed by atoms with Gasteiger partial charge in [0.1, 0.15) is 0 Å². The maximum Gasteiger partial charge on any atom is -0.0439 e. The van der Waals surface area contributed by atoms with Crippen LogP contribution in [0.5, 0.6) is 0 Å². The van der Waals surface area contributed by atoms with E-state index in [1.807, 2.05) is 0 Å². The number of rotatable bonds is 6. The zero-order valence-corrected chi connectivity index (χ0v) is 10.0. The molecule has 11 heavy (non-hydrogen) atoms. The standard InChI is InChI=1S/C8H19PS2/c1-3-5-7-9(10,11)8-6-4-2/h3-8H2,1-2H3,(H,10,11)/p-1. The smallest absolute Gasteiger partial charge is 0.0439 e. The molecule has 0 aromatic rings. The molecule has 0 aliphatic heterocycles. The van der Waals surface area contributed by atoms with E-state index in [-0.39, 0.29) is 0 Å². The first-order valence-corrected chi connectivity index (χ1v) is 8.60. The lowest BCUT2D eigenvalue weighted by Gasteiger charge is -2.28. The zero-order valence-electron chi connectivity index (χ0n) is 7.51. The molecule has 0 radical (unpaired) electrons. The molecule has 0 N–H and O–H groups in total. The third-order valence-corrected chi connectivity index (χ3v) is 5.89. The summed E-state index contributed by atoms with van der Waals surface area (Å²) in [6.07, 6.45) is 7.25. The molecule has 0 rings (SSSR count). The second-order valence-electron chi connectivity index (χ2n) is 2.97. The van der Waals surface area contributed by atoms with E-state index in [1.165, 1.54) is 25.7 Å². The molecule has 3 heteroatoms.